The molecular formula is C28H32N2O2. The summed E-state index contributed by atoms with van der Waals surface area (Å²) in [6.45, 7) is 2.47. The molecule has 1 unspecified atom stereocenters. The molecule has 4 rings (SSSR count). The number of benzene rings is 3. The molecule has 4 nitrogen and oxygen atoms in total. The molecule has 1 heterocycles. The van der Waals surface area contributed by atoms with Crippen molar-refractivity contribution in [1.29, 1.82) is 0 Å². The van der Waals surface area contributed by atoms with Crippen molar-refractivity contribution in [3.8, 4) is 5.75 Å². The Morgan fingerprint density at radius 2 is 1.47 bits per heavy atom. The van der Waals surface area contributed by atoms with Gasteiger partial charge >= 0.3 is 0 Å². The second-order valence-electron chi connectivity index (χ2n) is 8.63. The van der Waals surface area contributed by atoms with Crippen LogP contribution < -0.4 is 15.4 Å². The molecule has 1 atom stereocenters. The third-order valence-corrected chi connectivity index (χ3v) is 6.51. The fourth-order valence-electron chi connectivity index (χ4n) is 4.63. The first-order valence-corrected chi connectivity index (χ1v) is 11.5. The molecule has 0 radical (unpaired) electrons. The van der Waals surface area contributed by atoms with Crippen molar-refractivity contribution in [3.63, 3.8) is 0 Å². The predicted octanol–water partition coefficient (Wildman–Crippen LogP) is 5.22. The van der Waals surface area contributed by atoms with Crippen molar-refractivity contribution in [1.82, 2.24) is 0 Å². The van der Waals surface area contributed by atoms with E-state index in [2.05, 4.69) is 41.3 Å². The number of amides is 1. The molecule has 0 aromatic heterocycles. The minimum Gasteiger partial charge on any atom is -0.489 e. The molecule has 0 saturated carbocycles. The Balaban J connectivity index is 1.28. The zero-order chi connectivity index (χ0) is 22.2. The van der Waals surface area contributed by atoms with Crippen LogP contribution in [0.3, 0.4) is 0 Å². The molecule has 0 spiro atoms. The first-order valence-electron chi connectivity index (χ1n) is 11.5. The van der Waals surface area contributed by atoms with Crippen LogP contribution in [0.2, 0.25) is 0 Å². The van der Waals surface area contributed by atoms with Crippen LogP contribution in [0.15, 0.2) is 84.9 Å². The molecule has 3 aromatic carbocycles. The summed E-state index contributed by atoms with van der Waals surface area (Å²) in [5, 5.41) is 0. The highest BCUT2D eigenvalue weighted by Gasteiger charge is 2.30. The number of piperidine rings is 1. The summed E-state index contributed by atoms with van der Waals surface area (Å²) in [4.78, 5) is 14.6. The number of carbonyl (C=O) groups is 1. The van der Waals surface area contributed by atoms with Crippen molar-refractivity contribution in [2.24, 2.45) is 17.6 Å². The lowest BCUT2D eigenvalue weighted by Crippen LogP contribution is -2.40. The first-order chi connectivity index (χ1) is 15.7. The summed E-state index contributed by atoms with van der Waals surface area (Å²) < 4.78 is 5.90. The predicted molar refractivity (Wildman–Crippen MR) is 130 cm³/mol. The number of carbonyl (C=O) groups excluding carboxylic acids is 1. The Hall–Kier alpha value is -3.27. The second-order valence-corrected chi connectivity index (χ2v) is 8.63. The normalized spacial score (nSPS) is 15.3. The number of primary amides is 1. The summed E-state index contributed by atoms with van der Waals surface area (Å²) in [7, 11) is 0. The SMILES string of the molecule is NC(=O)C(CCc1ccccc1)C1CCN(c2ccc(OCc3ccccc3)cc2)CC1. The topological polar surface area (TPSA) is 55.6 Å². The number of anilines is 1. The Morgan fingerprint density at radius 1 is 0.875 bits per heavy atom. The highest BCUT2D eigenvalue weighted by Crippen LogP contribution is 2.31. The Kier molecular flexibility index (Phi) is 7.44. The van der Waals surface area contributed by atoms with E-state index in [1.54, 1.807) is 0 Å². The lowest BCUT2D eigenvalue weighted by Gasteiger charge is -2.36. The van der Waals surface area contributed by atoms with E-state index in [4.69, 9.17) is 10.5 Å². The molecule has 3 aromatic rings. The quantitative estimate of drug-likeness (QED) is 0.509. The summed E-state index contributed by atoms with van der Waals surface area (Å²) in [5.74, 6) is 1.04. The molecule has 1 aliphatic heterocycles. The van der Waals surface area contributed by atoms with E-state index in [0.717, 1.165) is 50.1 Å². The van der Waals surface area contributed by atoms with Crippen LogP contribution in [0, 0.1) is 11.8 Å². The van der Waals surface area contributed by atoms with Crippen LogP contribution in [0.5, 0.6) is 5.75 Å². The first kappa shape index (κ1) is 21.9. The maximum absolute atomic E-state index is 12.2. The number of hydrogen-bond donors (Lipinski definition) is 1. The van der Waals surface area contributed by atoms with Gasteiger partial charge in [-0.2, -0.15) is 0 Å². The molecule has 0 bridgehead atoms. The summed E-state index contributed by atoms with van der Waals surface area (Å²) in [6.07, 6.45) is 3.72. The van der Waals surface area contributed by atoms with Crippen molar-refractivity contribution >= 4 is 11.6 Å². The van der Waals surface area contributed by atoms with Gasteiger partial charge in [0.25, 0.3) is 0 Å². The van der Waals surface area contributed by atoms with Gasteiger partial charge < -0.3 is 15.4 Å². The number of rotatable bonds is 9. The standard InChI is InChI=1S/C28H32N2O2/c29-28(31)27(16-11-22-7-3-1-4-8-22)24-17-19-30(20-18-24)25-12-14-26(15-13-25)32-21-23-9-5-2-6-10-23/h1-10,12-15,24,27H,11,16-21H2,(H2,29,31). The van der Waals surface area contributed by atoms with Gasteiger partial charge in [-0.15, -0.1) is 0 Å². The van der Waals surface area contributed by atoms with Gasteiger partial charge in [-0.1, -0.05) is 60.7 Å². The average molecular weight is 429 g/mol. The monoisotopic (exact) mass is 428 g/mol. The second kappa shape index (κ2) is 10.9. The third-order valence-electron chi connectivity index (χ3n) is 6.51. The number of nitrogens with two attached hydrogens (primary N) is 1. The maximum Gasteiger partial charge on any atom is 0.220 e. The summed E-state index contributed by atoms with van der Waals surface area (Å²) in [5.41, 5.74) is 9.43. The molecule has 1 aliphatic rings. The molecule has 0 aliphatic carbocycles. The van der Waals surface area contributed by atoms with E-state index < -0.39 is 0 Å². The van der Waals surface area contributed by atoms with Crippen molar-refractivity contribution < 1.29 is 9.53 Å². The number of ether oxygens (including phenoxy) is 1. The van der Waals surface area contributed by atoms with E-state index in [1.807, 2.05) is 48.5 Å². The van der Waals surface area contributed by atoms with E-state index in [1.165, 1.54) is 11.3 Å². The molecule has 4 heteroatoms. The minimum absolute atomic E-state index is 0.0499. The van der Waals surface area contributed by atoms with Crippen LogP contribution in [0.25, 0.3) is 0 Å². The van der Waals surface area contributed by atoms with Crippen LogP contribution in [-0.4, -0.2) is 19.0 Å². The fourth-order valence-corrected chi connectivity index (χ4v) is 4.63. The van der Waals surface area contributed by atoms with Crippen molar-refractivity contribution in [3.05, 3.63) is 96.1 Å². The highest BCUT2D eigenvalue weighted by atomic mass is 16.5. The molecule has 32 heavy (non-hydrogen) atoms. The van der Waals surface area contributed by atoms with E-state index in [-0.39, 0.29) is 11.8 Å². The Labute approximate surface area is 191 Å². The van der Waals surface area contributed by atoms with Crippen LogP contribution >= 0.6 is 0 Å². The van der Waals surface area contributed by atoms with Gasteiger partial charge in [0, 0.05) is 24.7 Å². The van der Waals surface area contributed by atoms with E-state index in [0.29, 0.717) is 12.5 Å². The zero-order valence-corrected chi connectivity index (χ0v) is 18.5. The zero-order valence-electron chi connectivity index (χ0n) is 18.5. The number of nitrogens with zero attached hydrogens (tertiary/aromatic N) is 1. The minimum atomic E-state index is -0.153. The Morgan fingerprint density at radius 3 is 2.06 bits per heavy atom. The molecular weight excluding hydrogens is 396 g/mol. The van der Waals surface area contributed by atoms with Gasteiger partial charge in [-0.3, -0.25) is 4.79 Å². The molecule has 166 valence electrons. The summed E-state index contributed by atoms with van der Waals surface area (Å²) >= 11 is 0. The largest absolute Gasteiger partial charge is 0.489 e. The Bertz CT molecular complexity index is 965. The van der Waals surface area contributed by atoms with Gasteiger partial charge in [-0.25, -0.2) is 0 Å². The van der Waals surface area contributed by atoms with Crippen molar-refractivity contribution in [2.75, 3.05) is 18.0 Å². The lowest BCUT2D eigenvalue weighted by molar-refractivity contribution is -0.124. The summed E-state index contributed by atoms with van der Waals surface area (Å²) in [6, 6.07) is 28.9. The third kappa shape index (κ3) is 5.91. The number of hydrogen-bond acceptors (Lipinski definition) is 3. The van der Waals surface area contributed by atoms with Gasteiger partial charge in [0.15, 0.2) is 0 Å². The van der Waals surface area contributed by atoms with Crippen molar-refractivity contribution in [2.45, 2.75) is 32.3 Å². The van der Waals surface area contributed by atoms with Crippen LogP contribution in [0.4, 0.5) is 5.69 Å². The van der Waals surface area contributed by atoms with Gasteiger partial charge in [0.2, 0.25) is 5.91 Å². The van der Waals surface area contributed by atoms with Gasteiger partial charge in [-0.05, 0) is 67.0 Å². The molecule has 1 fully saturated rings. The van der Waals surface area contributed by atoms with E-state index >= 15 is 0 Å². The van der Waals surface area contributed by atoms with Crippen LogP contribution in [0.1, 0.15) is 30.4 Å². The maximum atomic E-state index is 12.2. The smallest absolute Gasteiger partial charge is 0.220 e. The fraction of sp³-hybridized carbons (Fsp3) is 0.321. The van der Waals surface area contributed by atoms with E-state index in [9.17, 15) is 4.79 Å². The molecule has 1 saturated heterocycles. The lowest BCUT2D eigenvalue weighted by atomic mass is 9.80. The average Bonchev–Trinajstić information content (AvgIpc) is 2.85. The van der Waals surface area contributed by atoms with Gasteiger partial charge in [0.1, 0.15) is 12.4 Å². The molecule has 2 N–H and O–H groups in total. The van der Waals surface area contributed by atoms with Gasteiger partial charge in [0.05, 0.1) is 0 Å². The number of aryl methyl sites for hydroxylation is 1. The molecule has 1 amide bonds. The highest BCUT2D eigenvalue weighted by molar-refractivity contribution is 5.77. The van der Waals surface area contributed by atoms with Crippen LogP contribution in [-0.2, 0) is 17.8 Å².